The van der Waals surface area contributed by atoms with Gasteiger partial charge < -0.3 is 4.74 Å². The summed E-state index contributed by atoms with van der Waals surface area (Å²) in [6.45, 7) is 14.9. The van der Waals surface area contributed by atoms with E-state index >= 15 is 0 Å². The fraction of sp³-hybridized carbons (Fsp3) is 0.811. The summed E-state index contributed by atoms with van der Waals surface area (Å²) in [5, 5.41) is 2.82. The van der Waals surface area contributed by atoms with Crippen LogP contribution in [0.2, 0.25) is 0 Å². The fourth-order valence-corrected chi connectivity index (χ4v) is 12.4. The fourth-order valence-electron chi connectivity index (χ4n) is 10.2. The number of hydrogen-bond donors (Lipinski definition) is 0. The molecule has 2 nitrogen and oxygen atoms in total. The highest BCUT2D eigenvalue weighted by Crippen LogP contribution is 2.67. The molecule has 3 fully saturated rings. The molecule has 5 rings (SSSR count). The largest absolute Gasteiger partial charge is 0.462 e. The maximum Gasteiger partial charge on any atom is 0.306 e. The third-order valence-corrected chi connectivity index (χ3v) is 15.1. The van der Waals surface area contributed by atoms with Crippen LogP contribution in [-0.2, 0) is 9.53 Å². The van der Waals surface area contributed by atoms with E-state index in [0.717, 1.165) is 55.3 Å². The van der Waals surface area contributed by atoms with Crippen LogP contribution in [0.5, 0.6) is 0 Å². The van der Waals surface area contributed by atoms with Crippen molar-refractivity contribution in [3.8, 4) is 0 Å². The first kappa shape index (κ1) is 31.8. The Morgan fingerprint density at radius 2 is 1.90 bits per heavy atom. The second kappa shape index (κ2) is 13.6. The van der Waals surface area contributed by atoms with Gasteiger partial charge in [0.05, 0.1) is 0 Å². The monoisotopic (exact) mass is 598 g/mol. The lowest BCUT2D eigenvalue weighted by Gasteiger charge is -2.58. The summed E-state index contributed by atoms with van der Waals surface area (Å²) in [6, 6.07) is 0. The van der Waals surface area contributed by atoms with Crippen LogP contribution in [0.15, 0.2) is 35.3 Å². The van der Waals surface area contributed by atoms with Crippen LogP contribution in [0.3, 0.4) is 0 Å². The lowest BCUT2D eigenvalue weighted by molar-refractivity contribution is -0.151. The summed E-state index contributed by atoms with van der Waals surface area (Å²) in [6.07, 6.45) is 25.4. The van der Waals surface area contributed by atoms with Gasteiger partial charge in [0, 0.05) is 18.1 Å². The number of allylic oxidation sites excluding steroid dienone is 3. The van der Waals surface area contributed by atoms with Gasteiger partial charge in [0.15, 0.2) is 0 Å². The molecule has 0 aromatic carbocycles. The lowest BCUT2D eigenvalue weighted by atomic mass is 9.47. The van der Waals surface area contributed by atoms with E-state index < -0.39 is 0 Å². The van der Waals surface area contributed by atoms with Gasteiger partial charge in [-0.1, -0.05) is 99.4 Å². The molecule has 0 amide bonds. The smallest absolute Gasteiger partial charge is 0.306 e. The van der Waals surface area contributed by atoms with Gasteiger partial charge in [-0.3, -0.25) is 4.79 Å². The number of rotatable bonds is 11. The van der Waals surface area contributed by atoms with E-state index in [0.29, 0.717) is 34.3 Å². The molecule has 10 atom stereocenters. The molecule has 0 aromatic heterocycles. The molecule has 5 aliphatic rings. The van der Waals surface area contributed by atoms with E-state index in [2.05, 4.69) is 71.3 Å². The zero-order valence-electron chi connectivity index (χ0n) is 26.9. The van der Waals surface area contributed by atoms with Crippen molar-refractivity contribution in [1.29, 1.82) is 0 Å². The minimum Gasteiger partial charge on any atom is -0.462 e. The van der Waals surface area contributed by atoms with Gasteiger partial charge in [-0.2, -0.15) is 0 Å². The number of unbranched alkanes of at least 4 members (excludes halogenated alkanes) is 1. The molecule has 41 heavy (non-hydrogen) atoms. The molecule has 1 aliphatic heterocycles. The van der Waals surface area contributed by atoms with Crippen molar-refractivity contribution in [1.82, 2.24) is 0 Å². The number of hydrogen-bond acceptors (Lipinski definition) is 4. The maximum atomic E-state index is 12.7. The molecule has 4 heteroatoms. The Morgan fingerprint density at radius 1 is 1.07 bits per heavy atom. The van der Waals surface area contributed by atoms with E-state index in [1.165, 1.54) is 51.4 Å². The molecular weight excluding hydrogens is 541 g/mol. The Kier molecular flexibility index (Phi) is 10.5. The van der Waals surface area contributed by atoms with Crippen molar-refractivity contribution < 1.29 is 9.53 Å². The number of esters is 1. The molecule has 0 bridgehead atoms. The third kappa shape index (κ3) is 6.74. The molecule has 4 aliphatic carbocycles. The number of fused-ring (bicyclic) bond motifs is 5. The second-order valence-electron chi connectivity index (χ2n) is 15.2. The molecule has 0 radical (unpaired) electrons. The zero-order valence-corrected chi connectivity index (χ0v) is 28.5. The zero-order chi connectivity index (χ0) is 29.2. The van der Waals surface area contributed by atoms with Gasteiger partial charge in [0.1, 0.15) is 6.10 Å². The number of ether oxygens (including phenoxy) is 1. The summed E-state index contributed by atoms with van der Waals surface area (Å²) < 4.78 is 6.07. The van der Waals surface area contributed by atoms with Gasteiger partial charge in [0.2, 0.25) is 0 Å². The highest BCUT2D eigenvalue weighted by molar-refractivity contribution is 8.78. The van der Waals surface area contributed by atoms with Gasteiger partial charge in [-0.05, 0) is 122 Å². The summed E-state index contributed by atoms with van der Waals surface area (Å²) in [5.41, 5.74) is 2.43. The van der Waals surface area contributed by atoms with E-state index in [1.807, 2.05) is 21.6 Å². The Hall–Kier alpha value is -0.610. The average Bonchev–Trinajstić information content (AvgIpc) is 3.59. The first-order valence-electron chi connectivity index (χ1n) is 17.2. The van der Waals surface area contributed by atoms with Gasteiger partial charge in [0.25, 0.3) is 0 Å². The highest BCUT2D eigenvalue weighted by atomic mass is 33.1. The highest BCUT2D eigenvalue weighted by Gasteiger charge is 2.59. The van der Waals surface area contributed by atoms with Crippen molar-refractivity contribution in [3.05, 3.63) is 35.3 Å². The van der Waals surface area contributed by atoms with Gasteiger partial charge >= 0.3 is 5.97 Å². The SMILES string of the molecule is CCC(/C=C/[C@@H](C)C1CCC2C3CC=C4C[C@@H](OC(=O)CCCCC5C=CSS5)CC[C@]4(C)C3CC[C@@]21C)C(C)C. The normalized spacial score (nSPS) is 39.7. The summed E-state index contributed by atoms with van der Waals surface area (Å²) in [4.78, 5) is 12.7. The van der Waals surface area contributed by atoms with E-state index in [1.54, 1.807) is 5.57 Å². The Morgan fingerprint density at radius 3 is 2.63 bits per heavy atom. The predicted octanol–water partition coefficient (Wildman–Crippen LogP) is 11.2. The van der Waals surface area contributed by atoms with E-state index in [-0.39, 0.29) is 12.1 Å². The molecule has 0 N–H and O–H groups in total. The first-order valence-corrected chi connectivity index (χ1v) is 19.5. The Bertz CT molecular complexity index is 999. The second-order valence-corrected chi connectivity index (χ2v) is 17.6. The van der Waals surface area contributed by atoms with E-state index in [4.69, 9.17) is 4.74 Å². The van der Waals surface area contributed by atoms with Crippen molar-refractivity contribution in [2.45, 2.75) is 136 Å². The molecule has 230 valence electrons. The first-order chi connectivity index (χ1) is 19.7. The molecule has 3 saturated carbocycles. The number of carbonyl (C=O) groups excluding carboxylic acids is 1. The number of carbonyl (C=O) groups is 1. The van der Waals surface area contributed by atoms with Crippen molar-refractivity contribution in [2.24, 2.45) is 52.3 Å². The van der Waals surface area contributed by atoms with Crippen molar-refractivity contribution in [3.63, 3.8) is 0 Å². The van der Waals surface area contributed by atoms with Crippen LogP contribution in [0.25, 0.3) is 0 Å². The minimum absolute atomic E-state index is 0.0316. The van der Waals surface area contributed by atoms with Gasteiger partial charge in [-0.15, -0.1) is 0 Å². The molecule has 0 spiro atoms. The quantitative estimate of drug-likeness (QED) is 0.102. The molecule has 1 heterocycles. The van der Waals surface area contributed by atoms with Crippen LogP contribution in [0, 0.1) is 52.3 Å². The molecule has 0 saturated heterocycles. The third-order valence-electron chi connectivity index (χ3n) is 12.7. The van der Waals surface area contributed by atoms with E-state index in [9.17, 15) is 4.79 Å². The molecule has 0 aromatic rings. The Balaban J connectivity index is 1.16. The summed E-state index contributed by atoms with van der Waals surface area (Å²) in [7, 11) is 3.77. The van der Waals surface area contributed by atoms with Crippen molar-refractivity contribution in [2.75, 3.05) is 0 Å². The summed E-state index contributed by atoms with van der Waals surface area (Å²) in [5.74, 6) is 5.52. The van der Waals surface area contributed by atoms with Crippen LogP contribution in [-0.4, -0.2) is 17.3 Å². The van der Waals surface area contributed by atoms with Crippen LogP contribution < -0.4 is 0 Å². The molecule has 6 unspecified atom stereocenters. The summed E-state index contributed by atoms with van der Waals surface area (Å²) >= 11 is 0. The Labute approximate surface area is 260 Å². The van der Waals surface area contributed by atoms with Crippen LogP contribution in [0.4, 0.5) is 0 Å². The minimum atomic E-state index is 0.0316. The predicted molar refractivity (Wildman–Crippen MR) is 179 cm³/mol. The topological polar surface area (TPSA) is 26.3 Å². The van der Waals surface area contributed by atoms with Gasteiger partial charge in [-0.25, -0.2) is 0 Å². The average molecular weight is 599 g/mol. The van der Waals surface area contributed by atoms with Crippen LogP contribution >= 0.6 is 21.6 Å². The lowest BCUT2D eigenvalue weighted by Crippen LogP contribution is -2.51. The van der Waals surface area contributed by atoms with Crippen LogP contribution in [0.1, 0.15) is 125 Å². The standard InChI is InChI=1S/C37H58O2S2/c1-7-27(25(2)3)13-12-26(4)32-16-17-33-31-15-14-28-24-29(18-21-36(28,5)34(31)19-22-37(32,33)6)39-35(38)11-9-8-10-30-20-23-40-41-30/h12-14,20,23,25-27,29-34H,7-11,15-19,21-22,24H2,1-6H3/b13-12+/t26-,27?,29+,30?,31?,32?,33?,34?,36+,37-/m1/s1. The maximum absolute atomic E-state index is 12.7. The van der Waals surface area contributed by atoms with Crippen molar-refractivity contribution >= 4 is 27.6 Å². The molecular formula is C37H58O2S2.